The first-order chi connectivity index (χ1) is 17.4. The fourth-order valence-corrected chi connectivity index (χ4v) is 3.36. The third-order valence-electron chi connectivity index (χ3n) is 6.22. The van der Waals surface area contributed by atoms with Gasteiger partial charge in [0, 0.05) is 6.42 Å². The van der Waals surface area contributed by atoms with Crippen LogP contribution in [0.3, 0.4) is 0 Å². The normalized spacial score (nSPS) is 13.0. The van der Waals surface area contributed by atoms with Crippen molar-refractivity contribution in [3.05, 3.63) is 28.9 Å². The number of ether oxygens (including phenoxy) is 1. The summed E-state index contributed by atoms with van der Waals surface area (Å²) in [5.74, 6) is 0.614. The molecule has 0 saturated carbocycles. The molecule has 4 heteroatoms. The van der Waals surface area contributed by atoms with E-state index in [1.807, 2.05) is 6.92 Å². The SMILES string of the molecule is CC(C)(C)C.CCC(CC)C(CCCC(=O)c1cnc(/C=C(\C)C(C)(C)C)c(C)n1)OC(C)C.CCCC. The van der Waals surface area contributed by atoms with Crippen LogP contribution in [0.1, 0.15) is 164 Å². The quantitative estimate of drug-likeness (QED) is 0.251. The van der Waals surface area contributed by atoms with E-state index in [0.717, 1.165) is 37.1 Å². The fourth-order valence-electron chi connectivity index (χ4n) is 3.36. The lowest BCUT2D eigenvalue weighted by molar-refractivity contribution is -0.0337. The Morgan fingerprint density at radius 2 is 1.47 bits per heavy atom. The van der Waals surface area contributed by atoms with E-state index < -0.39 is 0 Å². The van der Waals surface area contributed by atoms with E-state index >= 15 is 0 Å². The highest BCUT2D eigenvalue weighted by Crippen LogP contribution is 2.27. The molecule has 4 nitrogen and oxygen atoms in total. The van der Waals surface area contributed by atoms with Gasteiger partial charge in [0.2, 0.25) is 0 Å². The van der Waals surface area contributed by atoms with Crippen LogP contribution in [0.15, 0.2) is 11.8 Å². The Kier molecular flexibility index (Phi) is 19.8. The minimum Gasteiger partial charge on any atom is -0.375 e. The van der Waals surface area contributed by atoms with Gasteiger partial charge in [0.25, 0.3) is 0 Å². The maximum Gasteiger partial charge on any atom is 0.182 e. The van der Waals surface area contributed by atoms with E-state index in [1.165, 1.54) is 18.4 Å². The molecule has 0 aliphatic rings. The molecular formula is C34H64N2O2. The number of carbonyl (C=O) groups is 1. The maximum absolute atomic E-state index is 12.6. The van der Waals surface area contributed by atoms with Crippen molar-refractivity contribution in [2.45, 2.75) is 161 Å². The van der Waals surface area contributed by atoms with Gasteiger partial charge in [-0.3, -0.25) is 9.78 Å². The highest BCUT2D eigenvalue weighted by atomic mass is 16.5. The average molecular weight is 533 g/mol. The van der Waals surface area contributed by atoms with Crippen LogP contribution >= 0.6 is 0 Å². The molecule has 1 unspecified atom stereocenters. The molecule has 0 amide bonds. The van der Waals surface area contributed by atoms with Crippen molar-refractivity contribution in [2.24, 2.45) is 16.7 Å². The number of aryl methyl sites for hydroxylation is 1. The number of rotatable bonds is 12. The minimum atomic E-state index is 0.0662. The number of ketones is 1. The van der Waals surface area contributed by atoms with Crippen molar-refractivity contribution in [1.29, 1.82) is 0 Å². The summed E-state index contributed by atoms with van der Waals surface area (Å²) in [5, 5.41) is 0. The van der Waals surface area contributed by atoms with Gasteiger partial charge in [0.1, 0.15) is 5.69 Å². The van der Waals surface area contributed by atoms with Crippen molar-refractivity contribution < 1.29 is 9.53 Å². The Balaban J connectivity index is 0. The summed E-state index contributed by atoms with van der Waals surface area (Å²) in [6.45, 7) is 32.3. The van der Waals surface area contributed by atoms with Crippen LogP contribution in [-0.4, -0.2) is 28.0 Å². The third kappa shape index (κ3) is 19.5. The molecule has 1 atom stereocenters. The van der Waals surface area contributed by atoms with Crippen LogP contribution in [0.2, 0.25) is 0 Å². The van der Waals surface area contributed by atoms with Crippen LogP contribution in [0, 0.1) is 23.7 Å². The van der Waals surface area contributed by atoms with E-state index in [4.69, 9.17) is 4.74 Å². The van der Waals surface area contributed by atoms with Crippen molar-refractivity contribution in [3.63, 3.8) is 0 Å². The molecule has 0 aliphatic heterocycles. The van der Waals surface area contributed by atoms with Gasteiger partial charge in [0.15, 0.2) is 5.78 Å². The Morgan fingerprint density at radius 3 is 1.84 bits per heavy atom. The molecule has 1 heterocycles. The molecule has 0 aliphatic carbocycles. The number of aromatic nitrogens is 2. The zero-order valence-electron chi connectivity index (χ0n) is 28.0. The Hall–Kier alpha value is -1.55. The fraction of sp³-hybridized carbons (Fsp3) is 0.794. The predicted molar refractivity (Wildman–Crippen MR) is 168 cm³/mol. The molecule has 1 rings (SSSR count). The summed E-state index contributed by atoms with van der Waals surface area (Å²) in [5.41, 5.74) is 3.94. The number of allylic oxidation sites excluding steroid dienone is 1. The first-order valence-corrected chi connectivity index (χ1v) is 15.1. The van der Waals surface area contributed by atoms with Gasteiger partial charge in [0.05, 0.1) is 29.8 Å². The van der Waals surface area contributed by atoms with Crippen LogP contribution in [-0.2, 0) is 4.74 Å². The summed E-state index contributed by atoms with van der Waals surface area (Å²) < 4.78 is 6.14. The minimum absolute atomic E-state index is 0.0662. The molecular weight excluding hydrogens is 468 g/mol. The summed E-state index contributed by atoms with van der Waals surface area (Å²) in [6.07, 6.45) is 11.2. The summed E-state index contributed by atoms with van der Waals surface area (Å²) in [4.78, 5) is 21.7. The molecule has 1 aromatic rings. The number of hydrogen-bond acceptors (Lipinski definition) is 4. The van der Waals surface area contributed by atoms with Gasteiger partial charge in [-0.25, -0.2) is 4.98 Å². The number of carbonyl (C=O) groups excluding carboxylic acids is 1. The lowest BCUT2D eigenvalue weighted by atomic mass is 9.87. The third-order valence-corrected chi connectivity index (χ3v) is 6.22. The smallest absolute Gasteiger partial charge is 0.182 e. The molecule has 0 bridgehead atoms. The standard InChI is InChI=1S/C25H42N2O2.C5H12.C4H10/c1-10-20(11-2)24(29-17(3)4)14-12-13-23(28)22-16-26-21(19(6)27-22)15-18(5)25(7,8)9;1-5(2,3)4;1-3-4-2/h15-17,20,24H,10-14H2,1-9H3;1-4H3;3-4H2,1-2H3/b18-15+;;. The van der Waals surface area contributed by atoms with Gasteiger partial charge in [-0.15, -0.1) is 0 Å². The highest BCUT2D eigenvalue weighted by Gasteiger charge is 2.21. The molecule has 0 aromatic carbocycles. The molecule has 222 valence electrons. The Bertz CT molecular complexity index is 786. The first kappa shape index (κ1) is 38.6. The molecule has 0 N–H and O–H groups in total. The second kappa shape index (κ2) is 19.5. The first-order valence-electron chi connectivity index (χ1n) is 15.1. The lowest BCUT2D eigenvalue weighted by Gasteiger charge is -2.27. The largest absolute Gasteiger partial charge is 0.375 e. The summed E-state index contributed by atoms with van der Waals surface area (Å²) >= 11 is 0. The zero-order valence-corrected chi connectivity index (χ0v) is 28.0. The molecule has 0 saturated heterocycles. The van der Waals surface area contributed by atoms with Gasteiger partial charge in [-0.1, -0.05) is 107 Å². The van der Waals surface area contributed by atoms with Crippen LogP contribution in [0.25, 0.3) is 6.08 Å². The Morgan fingerprint density at radius 1 is 0.974 bits per heavy atom. The van der Waals surface area contributed by atoms with Gasteiger partial charge >= 0.3 is 0 Å². The molecule has 0 radical (unpaired) electrons. The van der Waals surface area contributed by atoms with Gasteiger partial charge < -0.3 is 4.74 Å². The second-order valence-electron chi connectivity index (χ2n) is 13.4. The van der Waals surface area contributed by atoms with E-state index in [0.29, 0.717) is 23.4 Å². The van der Waals surface area contributed by atoms with Gasteiger partial charge in [-0.2, -0.15) is 0 Å². The van der Waals surface area contributed by atoms with E-state index in [1.54, 1.807) is 6.20 Å². The monoisotopic (exact) mass is 532 g/mol. The molecule has 38 heavy (non-hydrogen) atoms. The van der Waals surface area contributed by atoms with Crippen molar-refractivity contribution in [3.8, 4) is 0 Å². The predicted octanol–water partition coefficient (Wildman–Crippen LogP) is 10.7. The second-order valence-corrected chi connectivity index (χ2v) is 13.4. The van der Waals surface area contributed by atoms with Crippen molar-refractivity contribution >= 4 is 11.9 Å². The van der Waals surface area contributed by atoms with Crippen LogP contribution < -0.4 is 0 Å². The van der Waals surface area contributed by atoms with Crippen molar-refractivity contribution in [1.82, 2.24) is 9.97 Å². The zero-order chi connectivity index (χ0) is 30.1. The van der Waals surface area contributed by atoms with E-state index in [9.17, 15) is 4.79 Å². The summed E-state index contributed by atoms with van der Waals surface area (Å²) in [6, 6.07) is 0. The van der Waals surface area contributed by atoms with E-state index in [2.05, 4.69) is 113 Å². The van der Waals surface area contributed by atoms with Crippen molar-refractivity contribution in [2.75, 3.05) is 0 Å². The summed E-state index contributed by atoms with van der Waals surface area (Å²) in [7, 11) is 0. The molecule has 0 spiro atoms. The molecule has 0 fully saturated rings. The molecule has 1 aromatic heterocycles. The number of hydrogen-bond donors (Lipinski definition) is 0. The highest BCUT2D eigenvalue weighted by molar-refractivity contribution is 5.94. The average Bonchev–Trinajstić information content (AvgIpc) is 2.79. The van der Waals surface area contributed by atoms with Crippen LogP contribution in [0.5, 0.6) is 0 Å². The maximum atomic E-state index is 12.6. The topological polar surface area (TPSA) is 52.1 Å². The van der Waals surface area contributed by atoms with Crippen LogP contribution in [0.4, 0.5) is 0 Å². The Labute approximate surface area is 237 Å². The van der Waals surface area contributed by atoms with Gasteiger partial charge in [-0.05, 0) is 63.4 Å². The number of nitrogens with zero attached hydrogens (tertiary/aromatic N) is 2. The number of Topliss-reactive ketones (excluding diaryl/α,β-unsaturated/α-hetero) is 1. The van der Waals surface area contributed by atoms with E-state index in [-0.39, 0.29) is 23.4 Å². The number of unbranched alkanes of at least 4 members (excludes halogenated alkanes) is 1. The lowest BCUT2D eigenvalue weighted by Crippen LogP contribution is -2.26.